The van der Waals surface area contributed by atoms with Crippen molar-refractivity contribution in [1.82, 2.24) is 10.2 Å². The summed E-state index contributed by atoms with van der Waals surface area (Å²) in [5, 5.41) is 11.6. The predicted molar refractivity (Wildman–Crippen MR) is 74.2 cm³/mol. The van der Waals surface area contributed by atoms with Gasteiger partial charge in [-0.15, -0.1) is 0 Å². The smallest absolute Gasteiger partial charge is 0.317 e. The van der Waals surface area contributed by atoms with Crippen molar-refractivity contribution < 1.29 is 19.4 Å². The van der Waals surface area contributed by atoms with Gasteiger partial charge in [0.2, 0.25) is 5.91 Å². The van der Waals surface area contributed by atoms with Crippen LogP contribution in [0.2, 0.25) is 0 Å². The Kier molecular flexibility index (Phi) is 7.31. The summed E-state index contributed by atoms with van der Waals surface area (Å²) < 4.78 is 4.90. The Hall–Kier alpha value is -1.92. The molecule has 1 rings (SSSR count). The Morgan fingerprint density at radius 1 is 1.25 bits per heavy atom. The van der Waals surface area contributed by atoms with Crippen LogP contribution in [-0.2, 0) is 20.9 Å². The summed E-state index contributed by atoms with van der Waals surface area (Å²) >= 11 is 0. The first-order valence-corrected chi connectivity index (χ1v) is 6.35. The summed E-state index contributed by atoms with van der Waals surface area (Å²) in [6, 6.07) is 9.54. The maximum Gasteiger partial charge on any atom is 0.317 e. The van der Waals surface area contributed by atoms with Gasteiger partial charge in [0.15, 0.2) is 0 Å². The van der Waals surface area contributed by atoms with Gasteiger partial charge in [-0.25, -0.2) is 0 Å². The average Bonchev–Trinajstić information content (AvgIpc) is 2.43. The molecule has 0 fully saturated rings. The third-order valence-electron chi connectivity index (χ3n) is 2.67. The molecule has 1 aromatic rings. The molecule has 6 nitrogen and oxygen atoms in total. The lowest BCUT2D eigenvalue weighted by molar-refractivity contribution is -0.138. The van der Waals surface area contributed by atoms with Crippen LogP contribution < -0.4 is 5.32 Å². The number of amides is 1. The number of nitrogens with zero attached hydrogens (tertiary/aromatic N) is 1. The largest absolute Gasteiger partial charge is 0.480 e. The third kappa shape index (κ3) is 6.86. The van der Waals surface area contributed by atoms with Gasteiger partial charge in [0.25, 0.3) is 0 Å². The van der Waals surface area contributed by atoms with Gasteiger partial charge in [-0.2, -0.15) is 0 Å². The number of methoxy groups -OCH3 is 1. The summed E-state index contributed by atoms with van der Waals surface area (Å²) in [6.07, 6.45) is 0. The second kappa shape index (κ2) is 9.06. The van der Waals surface area contributed by atoms with E-state index in [1.54, 1.807) is 0 Å². The number of ether oxygens (including phenoxy) is 1. The monoisotopic (exact) mass is 280 g/mol. The van der Waals surface area contributed by atoms with E-state index in [0.717, 1.165) is 5.56 Å². The van der Waals surface area contributed by atoms with Gasteiger partial charge in [0.05, 0.1) is 19.7 Å². The van der Waals surface area contributed by atoms with Crippen LogP contribution in [0.4, 0.5) is 0 Å². The van der Waals surface area contributed by atoms with Crippen LogP contribution in [0, 0.1) is 0 Å². The van der Waals surface area contributed by atoms with Gasteiger partial charge in [0.1, 0.15) is 0 Å². The number of hydrogen-bond acceptors (Lipinski definition) is 4. The lowest BCUT2D eigenvalue weighted by Crippen LogP contribution is -2.41. The molecule has 0 aromatic heterocycles. The molecule has 20 heavy (non-hydrogen) atoms. The molecule has 0 saturated carbocycles. The average molecular weight is 280 g/mol. The Balaban J connectivity index is 2.38. The predicted octanol–water partition coefficient (Wildman–Crippen LogP) is 0.336. The molecule has 6 heteroatoms. The van der Waals surface area contributed by atoms with E-state index in [1.165, 1.54) is 12.0 Å². The van der Waals surface area contributed by atoms with Gasteiger partial charge in [-0.1, -0.05) is 30.3 Å². The molecular weight excluding hydrogens is 260 g/mol. The Morgan fingerprint density at radius 2 is 1.95 bits per heavy atom. The molecule has 0 unspecified atom stereocenters. The first kappa shape index (κ1) is 16.1. The summed E-state index contributed by atoms with van der Waals surface area (Å²) in [5.74, 6) is -1.16. The zero-order chi connectivity index (χ0) is 14.8. The lowest BCUT2D eigenvalue weighted by Gasteiger charge is -2.19. The second-order valence-electron chi connectivity index (χ2n) is 4.36. The van der Waals surface area contributed by atoms with E-state index in [4.69, 9.17) is 9.84 Å². The second-order valence-corrected chi connectivity index (χ2v) is 4.36. The third-order valence-corrected chi connectivity index (χ3v) is 2.67. The number of benzene rings is 1. The minimum absolute atomic E-state index is 0.0441. The van der Waals surface area contributed by atoms with E-state index in [1.807, 2.05) is 30.3 Å². The summed E-state index contributed by atoms with van der Waals surface area (Å²) in [5.41, 5.74) is 1.00. The van der Waals surface area contributed by atoms with Crippen LogP contribution in [0.1, 0.15) is 5.56 Å². The number of carboxylic acid groups (broad SMARTS) is 1. The van der Waals surface area contributed by atoms with E-state index in [2.05, 4.69) is 5.32 Å². The van der Waals surface area contributed by atoms with Crippen molar-refractivity contribution in [3.05, 3.63) is 35.9 Å². The summed E-state index contributed by atoms with van der Waals surface area (Å²) in [7, 11) is 1.54. The zero-order valence-corrected chi connectivity index (χ0v) is 11.5. The maximum atomic E-state index is 11.8. The highest BCUT2D eigenvalue weighted by Gasteiger charge is 2.13. The Morgan fingerprint density at radius 3 is 2.55 bits per heavy atom. The molecule has 0 spiro atoms. The molecular formula is C14H20N2O4. The molecule has 1 amide bonds. The molecule has 0 radical (unpaired) electrons. The van der Waals surface area contributed by atoms with Gasteiger partial charge < -0.3 is 15.2 Å². The highest BCUT2D eigenvalue weighted by molar-refractivity contribution is 5.79. The molecule has 0 aliphatic rings. The molecule has 0 atom stereocenters. The fourth-order valence-electron chi connectivity index (χ4n) is 1.68. The molecule has 0 bridgehead atoms. The number of carbonyl (C=O) groups is 2. The van der Waals surface area contributed by atoms with Crippen molar-refractivity contribution in [1.29, 1.82) is 0 Å². The highest BCUT2D eigenvalue weighted by Crippen LogP contribution is 1.97. The molecule has 0 heterocycles. The number of rotatable bonds is 9. The fraction of sp³-hybridized carbons (Fsp3) is 0.429. The molecule has 0 aliphatic heterocycles. The van der Waals surface area contributed by atoms with Crippen molar-refractivity contribution in [3.8, 4) is 0 Å². The maximum absolute atomic E-state index is 11.8. The number of aliphatic carboxylic acids is 1. The van der Waals surface area contributed by atoms with E-state index in [9.17, 15) is 9.59 Å². The first-order chi connectivity index (χ1) is 9.61. The molecule has 110 valence electrons. The van der Waals surface area contributed by atoms with Crippen molar-refractivity contribution in [2.45, 2.75) is 6.54 Å². The van der Waals surface area contributed by atoms with Crippen LogP contribution in [-0.4, -0.2) is 55.2 Å². The standard InChI is InChI=1S/C14H20N2O4/c1-20-8-7-16(11-14(18)19)10-13(17)15-9-12-5-3-2-4-6-12/h2-6H,7-11H2,1H3,(H,15,17)(H,18,19). The minimum atomic E-state index is -0.961. The number of nitrogens with one attached hydrogen (secondary N) is 1. The summed E-state index contributed by atoms with van der Waals surface area (Å²) in [4.78, 5) is 24.0. The lowest BCUT2D eigenvalue weighted by atomic mass is 10.2. The van der Waals surface area contributed by atoms with Crippen molar-refractivity contribution >= 4 is 11.9 Å². The van der Waals surface area contributed by atoms with Gasteiger partial charge in [-0.05, 0) is 5.56 Å². The minimum Gasteiger partial charge on any atom is -0.480 e. The zero-order valence-electron chi connectivity index (χ0n) is 11.5. The van der Waals surface area contributed by atoms with Crippen molar-refractivity contribution in [3.63, 3.8) is 0 Å². The van der Waals surface area contributed by atoms with Crippen LogP contribution in [0.25, 0.3) is 0 Å². The molecule has 0 aliphatic carbocycles. The number of hydrogen-bond donors (Lipinski definition) is 2. The quantitative estimate of drug-likeness (QED) is 0.682. The molecule has 2 N–H and O–H groups in total. The van der Waals surface area contributed by atoms with Crippen LogP contribution >= 0.6 is 0 Å². The van der Waals surface area contributed by atoms with Gasteiger partial charge >= 0.3 is 5.97 Å². The van der Waals surface area contributed by atoms with Crippen molar-refractivity contribution in [2.75, 3.05) is 33.4 Å². The SMILES string of the molecule is COCCN(CC(=O)O)CC(=O)NCc1ccccc1. The molecule has 0 saturated heterocycles. The molecule has 1 aromatic carbocycles. The fourth-order valence-corrected chi connectivity index (χ4v) is 1.68. The highest BCUT2D eigenvalue weighted by atomic mass is 16.5. The number of carboxylic acids is 1. The Labute approximate surface area is 118 Å². The topological polar surface area (TPSA) is 78.9 Å². The summed E-state index contributed by atoms with van der Waals surface area (Å²) in [6.45, 7) is 1.09. The Bertz CT molecular complexity index is 422. The van der Waals surface area contributed by atoms with Gasteiger partial charge in [-0.3, -0.25) is 14.5 Å². The first-order valence-electron chi connectivity index (χ1n) is 6.35. The number of carbonyl (C=O) groups excluding carboxylic acids is 1. The van der Waals surface area contributed by atoms with E-state index in [-0.39, 0.29) is 19.0 Å². The van der Waals surface area contributed by atoms with Crippen molar-refractivity contribution in [2.24, 2.45) is 0 Å². The van der Waals surface area contributed by atoms with E-state index >= 15 is 0 Å². The van der Waals surface area contributed by atoms with Gasteiger partial charge in [0, 0.05) is 20.2 Å². The van der Waals surface area contributed by atoms with E-state index in [0.29, 0.717) is 19.7 Å². The normalized spacial score (nSPS) is 10.5. The van der Waals surface area contributed by atoms with E-state index < -0.39 is 5.97 Å². The van der Waals surface area contributed by atoms with Crippen LogP contribution in [0.3, 0.4) is 0 Å². The van der Waals surface area contributed by atoms with Crippen LogP contribution in [0.5, 0.6) is 0 Å². The van der Waals surface area contributed by atoms with Crippen LogP contribution in [0.15, 0.2) is 30.3 Å².